The molecule has 0 saturated carbocycles. The molecule has 1 aromatic rings. The van der Waals surface area contributed by atoms with E-state index in [9.17, 15) is 4.39 Å². The van der Waals surface area contributed by atoms with Gasteiger partial charge in [-0.2, -0.15) is 0 Å². The third kappa shape index (κ3) is 7.28. The number of hydrogen-bond acceptors (Lipinski definition) is 2. The molecule has 1 rings (SSSR count). The zero-order valence-electron chi connectivity index (χ0n) is 11.9. The summed E-state index contributed by atoms with van der Waals surface area (Å²) in [5.74, 6) is -0.162. The van der Waals surface area contributed by atoms with Gasteiger partial charge in [0.2, 0.25) is 0 Å². The van der Waals surface area contributed by atoms with Crippen molar-refractivity contribution in [1.29, 1.82) is 0 Å². The second-order valence-electron chi connectivity index (χ2n) is 4.95. The van der Waals surface area contributed by atoms with Crippen molar-refractivity contribution in [2.75, 3.05) is 26.2 Å². The molecule has 0 aliphatic rings. The number of rotatable bonds is 10. The molecule has 0 aliphatic heterocycles. The van der Waals surface area contributed by atoms with Crippen molar-refractivity contribution in [3.63, 3.8) is 0 Å². The van der Waals surface area contributed by atoms with Gasteiger partial charge in [-0.3, -0.25) is 0 Å². The normalized spacial score (nSPS) is 11.2. The first-order valence-electron chi connectivity index (χ1n) is 7.34. The number of aryl methyl sites for hydroxylation is 1. The number of hydrogen-bond donors (Lipinski definition) is 1. The summed E-state index contributed by atoms with van der Waals surface area (Å²) in [4.78, 5) is 2.43. The van der Waals surface area contributed by atoms with Gasteiger partial charge in [-0.15, -0.1) is 0 Å². The second-order valence-corrected chi connectivity index (χ2v) is 4.95. The van der Waals surface area contributed by atoms with Gasteiger partial charge in [-0.1, -0.05) is 19.1 Å². The molecule has 2 nitrogen and oxygen atoms in total. The van der Waals surface area contributed by atoms with E-state index in [1.165, 1.54) is 24.1 Å². The van der Waals surface area contributed by atoms with Crippen LogP contribution < -0.4 is 0 Å². The molecule has 0 fully saturated rings. The van der Waals surface area contributed by atoms with Crippen LogP contribution >= 0.6 is 0 Å². The lowest BCUT2D eigenvalue weighted by atomic mass is 10.1. The summed E-state index contributed by atoms with van der Waals surface area (Å²) in [6, 6.07) is 6.80. The molecule has 0 saturated heterocycles. The van der Waals surface area contributed by atoms with E-state index in [1.807, 2.05) is 12.1 Å². The minimum atomic E-state index is -0.162. The van der Waals surface area contributed by atoms with Gasteiger partial charge < -0.3 is 10.0 Å². The standard InChI is InChI=1S/C16H26FNO/c1-2-18(13-5-6-14-19)12-4-3-7-15-8-10-16(17)11-9-15/h8-11,19H,2-7,12-14H2,1H3. The fourth-order valence-corrected chi connectivity index (χ4v) is 2.19. The van der Waals surface area contributed by atoms with Crippen LogP contribution in [0.25, 0.3) is 0 Å². The number of nitrogens with zero attached hydrogens (tertiary/aromatic N) is 1. The van der Waals surface area contributed by atoms with Crippen LogP contribution in [0, 0.1) is 5.82 Å². The van der Waals surface area contributed by atoms with Gasteiger partial charge in [0.15, 0.2) is 0 Å². The Bertz CT molecular complexity index is 326. The monoisotopic (exact) mass is 267 g/mol. The van der Waals surface area contributed by atoms with Crippen LogP contribution in [0.4, 0.5) is 4.39 Å². The van der Waals surface area contributed by atoms with Gasteiger partial charge in [-0.25, -0.2) is 4.39 Å². The van der Waals surface area contributed by atoms with Crippen LogP contribution in [-0.4, -0.2) is 36.2 Å². The highest BCUT2D eigenvalue weighted by Crippen LogP contribution is 2.07. The van der Waals surface area contributed by atoms with E-state index in [1.54, 1.807) is 0 Å². The van der Waals surface area contributed by atoms with Crippen molar-refractivity contribution in [2.45, 2.75) is 39.0 Å². The molecule has 0 unspecified atom stereocenters. The molecule has 1 N–H and O–H groups in total. The minimum absolute atomic E-state index is 0.162. The van der Waals surface area contributed by atoms with Gasteiger partial charge in [0.1, 0.15) is 5.82 Å². The van der Waals surface area contributed by atoms with E-state index in [-0.39, 0.29) is 5.82 Å². The van der Waals surface area contributed by atoms with E-state index in [0.717, 1.165) is 45.3 Å². The summed E-state index contributed by atoms with van der Waals surface area (Å²) < 4.78 is 12.7. The molecule has 0 aliphatic carbocycles. The Kier molecular flexibility index (Phi) is 8.43. The van der Waals surface area contributed by atoms with Crippen molar-refractivity contribution in [1.82, 2.24) is 4.90 Å². The number of unbranched alkanes of at least 4 members (excludes halogenated alkanes) is 2. The maximum atomic E-state index is 12.7. The maximum Gasteiger partial charge on any atom is 0.123 e. The lowest BCUT2D eigenvalue weighted by molar-refractivity contribution is 0.245. The van der Waals surface area contributed by atoms with Gasteiger partial charge in [0.25, 0.3) is 0 Å². The quantitative estimate of drug-likeness (QED) is 0.658. The first kappa shape index (κ1) is 16.1. The van der Waals surface area contributed by atoms with Crippen molar-refractivity contribution < 1.29 is 9.50 Å². The van der Waals surface area contributed by atoms with Crippen molar-refractivity contribution in [2.24, 2.45) is 0 Å². The fourth-order valence-electron chi connectivity index (χ4n) is 2.19. The van der Waals surface area contributed by atoms with Gasteiger partial charge in [0, 0.05) is 6.61 Å². The van der Waals surface area contributed by atoms with Gasteiger partial charge in [-0.05, 0) is 69.4 Å². The molecule has 0 atom stereocenters. The largest absolute Gasteiger partial charge is 0.396 e. The lowest BCUT2D eigenvalue weighted by Crippen LogP contribution is -2.26. The van der Waals surface area contributed by atoms with Crippen molar-refractivity contribution in [3.8, 4) is 0 Å². The van der Waals surface area contributed by atoms with E-state index >= 15 is 0 Å². The van der Waals surface area contributed by atoms with E-state index < -0.39 is 0 Å². The lowest BCUT2D eigenvalue weighted by Gasteiger charge is -2.19. The highest BCUT2D eigenvalue weighted by atomic mass is 19.1. The molecule has 0 spiro atoms. The second kappa shape index (κ2) is 9.93. The summed E-state index contributed by atoms with van der Waals surface area (Å²) in [5.41, 5.74) is 1.21. The van der Waals surface area contributed by atoms with Crippen molar-refractivity contribution >= 4 is 0 Å². The molecule has 1 aromatic carbocycles. The molecule has 0 bridgehead atoms. The molecule has 19 heavy (non-hydrogen) atoms. The van der Waals surface area contributed by atoms with Crippen LogP contribution in [0.1, 0.15) is 38.2 Å². The highest BCUT2D eigenvalue weighted by Gasteiger charge is 2.02. The van der Waals surface area contributed by atoms with Crippen LogP contribution in [0.2, 0.25) is 0 Å². The topological polar surface area (TPSA) is 23.5 Å². The summed E-state index contributed by atoms with van der Waals surface area (Å²) in [7, 11) is 0. The maximum absolute atomic E-state index is 12.7. The molecule has 0 amide bonds. The number of benzene rings is 1. The number of halogens is 1. The molecule has 0 aromatic heterocycles. The molecule has 108 valence electrons. The Morgan fingerprint density at radius 1 is 1.00 bits per heavy atom. The zero-order valence-corrected chi connectivity index (χ0v) is 11.9. The Hall–Kier alpha value is -0.930. The summed E-state index contributed by atoms with van der Waals surface area (Å²) >= 11 is 0. The predicted molar refractivity (Wildman–Crippen MR) is 77.8 cm³/mol. The minimum Gasteiger partial charge on any atom is -0.396 e. The van der Waals surface area contributed by atoms with Gasteiger partial charge in [0.05, 0.1) is 0 Å². The Morgan fingerprint density at radius 2 is 1.63 bits per heavy atom. The fraction of sp³-hybridized carbons (Fsp3) is 0.625. The third-order valence-electron chi connectivity index (χ3n) is 3.43. The molecular formula is C16H26FNO. The predicted octanol–water partition coefficient (Wildman–Crippen LogP) is 3.24. The Labute approximate surface area is 116 Å². The molecular weight excluding hydrogens is 241 g/mol. The number of aliphatic hydroxyl groups excluding tert-OH is 1. The summed E-state index contributed by atoms with van der Waals surface area (Å²) in [6.45, 7) is 5.74. The van der Waals surface area contributed by atoms with Crippen LogP contribution in [0.5, 0.6) is 0 Å². The smallest absolute Gasteiger partial charge is 0.123 e. The van der Waals surface area contributed by atoms with E-state index in [0.29, 0.717) is 6.61 Å². The Balaban J connectivity index is 2.12. The average molecular weight is 267 g/mol. The zero-order chi connectivity index (χ0) is 13.9. The Morgan fingerprint density at radius 3 is 2.21 bits per heavy atom. The molecule has 0 heterocycles. The number of aliphatic hydroxyl groups is 1. The SMILES string of the molecule is CCN(CCCCO)CCCCc1ccc(F)cc1. The average Bonchev–Trinajstić information content (AvgIpc) is 2.43. The van der Waals surface area contributed by atoms with Crippen LogP contribution in [0.3, 0.4) is 0 Å². The van der Waals surface area contributed by atoms with Gasteiger partial charge >= 0.3 is 0 Å². The first-order valence-corrected chi connectivity index (χ1v) is 7.34. The highest BCUT2D eigenvalue weighted by molar-refractivity contribution is 5.15. The third-order valence-corrected chi connectivity index (χ3v) is 3.43. The summed E-state index contributed by atoms with van der Waals surface area (Å²) in [5, 5.41) is 8.77. The van der Waals surface area contributed by atoms with Crippen LogP contribution in [0.15, 0.2) is 24.3 Å². The first-order chi connectivity index (χ1) is 9.26. The van der Waals surface area contributed by atoms with E-state index in [4.69, 9.17) is 5.11 Å². The van der Waals surface area contributed by atoms with Crippen LogP contribution in [-0.2, 0) is 6.42 Å². The molecule has 3 heteroatoms. The van der Waals surface area contributed by atoms with Crippen molar-refractivity contribution in [3.05, 3.63) is 35.6 Å². The van der Waals surface area contributed by atoms with E-state index in [2.05, 4.69) is 11.8 Å². The summed E-state index contributed by atoms with van der Waals surface area (Å²) in [6.07, 6.45) is 5.30. The molecule has 0 radical (unpaired) electrons.